The summed E-state index contributed by atoms with van der Waals surface area (Å²) < 4.78 is 0. The summed E-state index contributed by atoms with van der Waals surface area (Å²) in [6.45, 7) is 2.17. The summed E-state index contributed by atoms with van der Waals surface area (Å²) in [5, 5.41) is 6.28. The predicted octanol–water partition coefficient (Wildman–Crippen LogP) is 2.97. The van der Waals surface area contributed by atoms with Crippen LogP contribution in [0.4, 0.5) is 4.79 Å². The van der Waals surface area contributed by atoms with E-state index in [1.165, 1.54) is 5.56 Å². The highest BCUT2D eigenvalue weighted by molar-refractivity contribution is 5.74. The van der Waals surface area contributed by atoms with Crippen molar-refractivity contribution in [1.82, 2.24) is 10.6 Å². The van der Waals surface area contributed by atoms with Crippen molar-refractivity contribution < 1.29 is 4.79 Å². The van der Waals surface area contributed by atoms with E-state index >= 15 is 0 Å². The van der Waals surface area contributed by atoms with E-state index in [9.17, 15) is 4.79 Å². The number of amides is 2. The first-order chi connectivity index (χ1) is 11.1. The molecule has 2 saturated carbocycles. The normalized spacial score (nSPS) is 29.7. The second kappa shape index (κ2) is 6.91. The number of carbonyl (C=O) groups excluding carboxylic acids is 1. The molecule has 0 aliphatic heterocycles. The molecule has 2 fully saturated rings. The van der Waals surface area contributed by atoms with Crippen LogP contribution in [0.15, 0.2) is 30.3 Å². The average molecular weight is 315 g/mol. The van der Waals surface area contributed by atoms with Crippen LogP contribution >= 0.6 is 0 Å². The third-order valence-electron chi connectivity index (χ3n) is 5.49. The minimum Gasteiger partial charge on any atom is -0.335 e. The molecule has 4 N–H and O–H groups in total. The lowest BCUT2D eigenvalue weighted by Gasteiger charge is -2.37. The summed E-state index contributed by atoms with van der Waals surface area (Å²) in [5.41, 5.74) is 7.66. The first-order valence-electron chi connectivity index (χ1n) is 8.98. The van der Waals surface area contributed by atoms with Gasteiger partial charge in [0.25, 0.3) is 0 Å². The van der Waals surface area contributed by atoms with Crippen molar-refractivity contribution in [2.24, 2.45) is 11.1 Å². The van der Waals surface area contributed by atoms with Crippen molar-refractivity contribution in [3.05, 3.63) is 35.9 Å². The van der Waals surface area contributed by atoms with Gasteiger partial charge in [-0.15, -0.1) is 0 Å². The Hall–Kier alpha value is -1.55. The quantitative estimate of drug-likeness (QED) is 0.724. The smallest absolute Gasteiger partial charge is 0.315 e. The van der Waals surface area contributed by atoms with Gasteiger partial charge in [0, 0.05) is 18.1 Å². The topological polar surface area (TPSA) is 67.2 Å². The summed E-state index contributed by atoms with van der Waals surface area (Å²) in [4.78, 5) is 12.2. The monoisotopic (exact) mass is 315 g/mol. The minimum absolute atomic E-state index is 0.00872. The van der Waals surface area contributed by atoms with Gasteiger partial charge in [-0.2, -0.15) is 0 Å². The molecule has 3 rings (SSSR count). The largest absolute Gasteiger partial charge is 0.335 e. The van der Waals surface area contributed by atoms with Crippen LogP contribution in [-0.4, -0.2) is 24.2 Å². The Bertz CT molecular complexity index is 525. The van der Waals surface area contributed by atoms with Crippen LogP contribution in [-0.2, 0) is 6.42 Å². The molecule has 0 aromatic heterocycles. The molecule has 2 amide bonds. The molecule has 4 nitrogen and oxygen atoms in total. The molecule has 2 atom stereocenters. The van der Waals surface area contributed by atoms with E-state index in [0.29, 0.717) is 17.5 Å². The van der Waals surface area contributed by atoms with Crippen LogP contribution < -0.4 is 16.4 Å². The van der Waals surface area contributed by atoms with Crippen molar-refractivity contribution in [3.8, 4) is 0 Å². The summed E-state index contributed by atoms with van der Waals surface area (Å²) in [5.74, 6) is 0. The highest BCUT2D eigenvalue weighted by Gasteiger charge is 2.60. The maximum atomic E-state index is 12.2. The predicted molar refractivity (Wildman–Crippen MR) is 93.2 cm³/mol. The number of urea groups is 1. The summed E-state index contributed by atoms with van der Waals surface area (Å²) in [6.07, 6.45) is 7.37. The van der Waals surface area contributed by atoms with Gasteiger partial charge < -0.3 is 16.4 Å². The van der Waals surface area contributed by atoms with E-state index in [1.807, 2.05) is 6.07 Å². The van der Waals surface area contributed by atoms with E-state index in [4.69, 9.17) is 5.73 Å². The fraction of sp³-hybridized carbons (Fsp3) is 0.632. The van der Waals surface area contributed by atoms with Gasteiger partial charge in [0.05, 0.1) is 0 Å². The lowest BCUT2D eigenvalue weighted by atomic mass is 9.76. The fourth-order valence-electron chi connectivity index (χ4n) is 3.91. The average Bonchev–Trinajstić information content (AvgIpc) is 3.17. The molecule has 126 valence electrons. The summed E-state index contributed by atoms with van der Waals surface area (Å²) in [6, 6.07) is 11.4. The molecule has 2 unspecified atom stereocenters. The van der Waals surface area contributed by atoms with Gasteiger partial charge in [-0.05, 0) is 49.5 Å². The molecule has 0 saturated heterocycles. The van der Waals surface area contributed by atoms with Crippen molar-refractivity contribution >= 4 is 6.03 Å². The van der Waals surface area contributed by atoms with E-state index in [-0.39, 0.29) is 12.1 Å². The second-order valence-corrected chi connectivity index (χ2v) is 7.41. The molecule has 2 aliphatic carbocycles. The van der Waals surface area contributed by atoms with Gasteiger partial charge in [0.15, 0.2) is 0 Å². The Balaban J connectivity index is 1.40. The molecule has 4 heteroatoms. The molecule has 0 heterocycles. The Morgan fingerprint density at radius 3 is 2.57 bits per heavy atom. The van der Waals surface area contributed by atoms with Gasteiger partial charge >= 0.3 is 6.03 Å². The third-order valence-corrected chi connectivity index (χ3v) is 5.49. The lowest BCUT2D eigenvalue weighted by molar-refractivity contribution is 0.182. The second-order valence-electron chi connectivity index (χ2n) is 7.41. The van der Waals surface area contributed by atoms with E-state index in [2.05, 4.69) is 41.8 Å². The summed E-state index contributed by atoms with van der Waals surface area (Å²) >= 11 is 0. The number of nitrogens with one attached hydrogen (secondary N) is 2. The standard InChI is InChI=1S/C19H29N3O/c1-2-6-15(10-9-14-7-4-3-5-8-14)21-18(23)22-16-11-19(12-16)13-17(19)20/h3-5,7-8,15-17H,2,6,9-13,20H2,1H3,(H2,21,22,23). The molecule has 0 radical (unpaired) electrons. The Morgan fingerprint density at radius 2 is 1.96 bits per heavy atom. The Morgan fingerprint density at radius 1 is 1.26 bits per heavy atom. The first kappa shape index (κ1) is 16.3. The number of nitrogens with two attached hydrogens (primary N) is 1. The van der Waals surface area contributed by atoms with E-state index in [1.54, 1.807) is 0 Å². The molecule has 1 aromatic carbocycles. The van der Waals surface area contributed by atoms with Gasteiger partial charge in [-0.3, -0.25) is 0 Å². The molecule has 0 bridgehead atoms. The van der Waals surface area contributed by atoms with Crippen LogP contribution in [0, 0.1) is 5.41 Å². The maximum Gasteiger partial charge on any atom is 0.315 e. The molecule has 2 aliphatic rings. The fourth-order valence-corrected chi connectivity index (χ4v) is 3.91. The molecule has 1 spiro atoms. The molecule has 23 heavy (non-hydrogen) atoms. The first-order valence-corrected chi connectivity index (χ1v) is 8.98. The number of hydrogen-bond donors (Lipinski definition) is 3. The number of rotatable bonds is 7. The highest BCUT2D eigenvalue weighted by Crippen LogP contribution is 2.59. The van der Waals surface area contributed by atoms with Crippen molar-refractivity contribution in [1.29, 1.82) is 0 Å². The van der Waals surface area contributed by atoms with Gasteiger partial charge in [-0.25, -0.2) is 4.79 Å². The van der Waals surface area contributed by atoms with Crippen molar-refractivity contribution in [3.63, 3.8) is 0 Å². The van der Waals surface area contributed by atoms with Crippen LogP contribution in [0.25, 0.3) is 0 Å². The van der Waals surface area contributed by atoms with E-state index in [0.717, 1.165) is 44.9 Å². The molecular weight excluding hydrogens is 286 g/mol. The third kappa shape index (κ3) is 4.05. The Kier molecular flexibility index (Phi) is 4.90. The SMILES string of the molecule is CCCC(CCc1ccccc1)NC(=O)NC1CC2(C1)CC2N. The van der Waals surface area contributed by atoms with Crippen molar-refractivity contribution in [2.75, 3.05) is 0 Å². The van der Waals surface area contributed by atoms with Crippen LogP contribution in [0.5, 0.6) is 0 Å². The van der Waals surface area contributed by atoms with Crippen LogP contribution in [0.1, 0.15) is 51.0 Å². The lowest BCUT2D eigenvalue weighted by Crippen LogP contribution is -2.52. The zero-order valence-corrected chi connectivity index (χ0v) is 14.1. The number of aryl methyl sites for hydroxylation is 1. The Labute approximate surface area is 139 Å². The number of hydrogen-bond acceptors (Lipinski definition) is 2. The molecular formula is C19H29N3O. The van der Waals surface area contributed by atoms with Crippen LogP contribution in [0.2, 0.25) is 0 Å². The number of benzene rings is 1. The highest BCUT2D eigenvalue weighted by atomic mass is 16.2. The van der Waals surface area contributed by atoms with E-state index < -0.39 is 0 Å². The van der Waals surface area contributed by atoms with Gasteiger partial charge in [0.1, 0.15) is 0 Å². The summed E-state index contributed by atoms with van der Waals surface area (Å²) in [7, 11) is 0. The zero-order chi connectivity index (χ0) is 16.3. The number of carbonyl (C=O) groups is 1. The maximum absolute atomic E-state index is 12.2. The molecule has 1 aromatic rings. The minimum atomic E-state index is -0.00872. The zero-order valence-electron chi connectivity index (χ0n) is 14.1. The van der Waals surface area contributed by atoms with Gasteiger partial charge in [-0.1, -0.05) is 43.7 Å². The van der Waals surface area contributed by atoms with Gasteiger partial charge in [0.2, 0.25) is 0 Å². The van der Waals surface area contributed by atoms with Crippen LogP contribution in [0.3, 0.4) is 0 Å². The van der Waals surface area contributed by atoms with Crippen molar-refractivity contribution in [2.45, 2.75) is 70.0 Å².